The molecule has 1 aromatic carbocycles. The molecule has 3 rings (SSSR count). The first-order valence-electron chi connectivity index (χ1n) is 8.12. The van der Waals surface area contributed by atoms with Crippen LogP contribution in [0.25, 0.3) is 0 Å². The summed E-state index contributed by atoms with van der Waals surface area (Å²) in [4.78, 5) is 12.5. The van der Waals surface area contributed by atoms with Crippen molar-refractivity contribution in [2.24, 2.45) is 0 Å². The van der Waals surface area contributed by atoms with Gasteiger partial charge in [0.05, 0.1) is 31.1 Å². The third-order valence-electron chi connectivity index (χ3n) is 4.18. The summed E-state index contributed by atoms with van der Waals surface area (Å²) in [5.41, 5.74) is 2.19. The predicted molar refractivity (Wildman–Crippen MR) is 87.7 cm³/mol. The van der Waals surface area contributed by atoms with Gasteiger partial charge in [-0.25, -0.2) is 0 Å². The molecular formula is C18H22N2O4. The number of aromatic nitrogens is 1. The fourth-order valence-corrected chi connectivity index (χ4v) is 2.88. The molecule has 1 N–H and O–H groups in total. The molecule has 0 radical (unpaired) electrons. The zero-order valence-corrected chi connectivity index (χ0v) is 14.0. The molecule has 1 aliphatic rings. The predicted octanol–water partition coefficient (Wildman–Crippen LogP) is 2.40. The third kappa shape index (κ3) is 3.83. The van der Waals surface area contributed by atoms with Gasteiger partial charge in [0.15, 0.2) is 0 Å². The van der Waals surface area contributed by atoms with Crippen molar-refractivity contribution >= 4 is 5.91 Å². The Bertz CT molecular complexity index is 664. The van der Waals surface area contributed by atoms with Crippen molar-refractivity contribution in [2.45, 2.75) is 39.0 Å². The van der Waals surface area contributed by atoms with E-state index in [0.717, 1.165) is 12.0 Å². The van der Waals surface area contributed by atoms with Gasteiger partial charge in [0.25, 0.3) is 5.91 Å². The number of carbonyl (C=O) groups excluding carboxylic acids is 1. The third-order valence-corrected chi connectivity index (χ3v) is 4.18. The van der Waals surface area contributed by atoms with E-state index in [0.29, 0.717) is 36.8 Å². The Balaban J connectivity index is 1.63. The summed E-state index contributed by atoms with van der Waals surface area (Å²) in [7, 11) is 0. The summed E-state index contributed by atoms with van der Waals surface area (Å²) < 4.78 is 16.6. The van der Waals surface area contributed by atoms with Crippen molar-refractivity contribution in [3.63, 3.8) is 0 Å². The van der Waals surface area contributed by atoms with Crippen molar-refractivity contribution < 1.29 is 18.8 Å². The lowest BCUT2D eigenvalue weighted by atomic mass is 10.1. The average Bonchev–Trinajstić information content (AvgIpc) is 2.93. The van der Waals surface area contributed by atoms with Gasteiger partial charge >= 0.3 is 0 Å². The summed E-state index contributed by atoms with van der Waals surface area (Å²) >= 11 is 0. The van der Waals surface area contributed by atoms with Crippen LogP contribution in [-0.2, 0) is 16.1 Å². The highest BCUT2D eigenvalue weighted by Crippen LogP contribution is 2.17. The molecule has 1 aliphatic heterocycles. The maximum absolute atomic E-state index is 12.5. The first kappa shape index (κ1) is 16.7. The molecule has 2 atom stereocenters. The van der Waals surface area contributed by atoms with E-state index < -0.39 is 0 Å². The van der Waals surface area contributed by atoms with Gasteiger partial charge in [-0.1, -0.05) is 35.5 Å². The maximum Gasteiger partial charge on any atom is 0.257 e. The average molecular weight is 330 g/mol. The Morgan fingerprint density at radius 1 is 1.33 bits per heavy atom. The summed E-state index contributed by atoms with van der Waals surface area (Å²) in [6, 6.07) is 9.81. The van der Waals surface area contributed by atoms with Crippen LogP contribution in [0.3, 0.4) is 0 Å². The van der Waals surface area contributed by atoms with Gasteiger partial charge in [-0.05, 0) is 25.8 Å². The van der Waals surface area contributed by atoms with Crippen LogP contribution in [-0.4, -0.2) is 36.4 Å². The summed E-state index contributed by atoms with van der Waals surface area (Å²) in [6.07, 6.45) is 0.669. The van der Waals surface area contributed by atoms with Gasteiger partial charge in [0.1, 0.15) is 11.3 Å². The number of benzene rings is 1. The zero-order chi connectivity index (χ0) is 16.9. The Labute approximate surface area is 141 Å². The SMILES string of the molecule is Cc1noc(C)c1C(=O)N[C@@H]1COCC[C@@H]1OCc1ccccc1. The van der Waals surface area contributed by atoms with E-state index >= 15 is 0 Å². The molecule has 1 aromatic heterocycles. The van der Waals surface area contributed by atoms with Crippen LogP contribution in [0, 0.1) is 13.8 Å². The molecule has 2 heterocycles. The Hall–Kier alpha value is -2.18. The molecule has 0 aliphatic carbocycles. The highest BCUT2D eigenvalue weighted by atomic mass is 16.5. The Kier molecular flexibility index (Phi) is 5.27. The van der Waals surface area contributed by atoms with Crippen LogP contribution < -0.4 is 5.32 Å². The number of hydrogen-bond donors (Lipinski definition) is 1. The van der Waals surface area contributed by atoms with Gasteiger partial charge in [-0.15, -0.1) is 0 Å². The van der Waals surface area contributed by atoms with Crippen molar-refractivity contribution in [1.82, 2.24) is 10.5 Å². The summed E-state index contributed by atoms with van der Waals surface area (Å²) in [5.74, 6) is 0.318. The molecule has 2 aromatic rings. The number of rotatable bonds is 5. The zero-order valence-electron chi connectivity index (χ0n) is 14.0. The van der Waals surface area contributed by atoms with E-state index in [-0.39, 0.29) is 18.1 Å². The summed E-state index contributed by atoms with van der Waals surface area (Å²) in [5, 5.41) is 6.83. The van der Waals surface area contributed by atoms with Gasteiger partial charge in [0, 0.05) is 6.61 Å². The lowest BCUT2D eigenvalue weighted by Gasteiger charge is -2.32. The van der Waals surface area contributed by atoms with E-state index in [4.69, 9.17) is 14.0 Å². The van der Waals surface area contributed by atoms with Crippen molar-refractivity contribution in [3.8, 4) is 0 Å². The highest BCUT2D eigenvalue weighted by molar-refractivity contribution is 5.96. The topological polar surface area (TPSA) is 73.6 Å². The van der Waals surface area contributed by atoms with Crippen molar-refractivity contribution in [2.75, 3.05) is 13.2 Å². The van der Waals surface area contributed by atoms with Gasteiger partial charge in [0.2, 0.25) is 0 Å². The number of aryl methyl sites for hydroxylation is 2. The van der Waals surface area contributed by atoms with Crippen molar-refractivity contribution in [3.05, 3.63) is 52.9 Å². The molecule has 6 nitrogen and oxygen atoms in total. The number of hydrogen-bond acceptors (Lipinski definition) is 5. The Morgan fingerprint density at radius 2 is 2.12 bits per heavy atom. The molecule has 0 saturated carbocycles. The molecular weight excluding hydrogens is 308 g/mol. The molecule has 0 spiro atoms. The minimum atomic E-state index is -0.199. The largest absolute Gasteiger partial charge is 0.379 e. The molecule has 24 heavy (non-hydrogen) atoms. The van der Waals surface area contributed by atoms with E-state index in [2.05, 4.69) is 10.5 Å². The number of carbonyl (C=O) groups is 1. The lowest BCUT2D eigenvalue weighted by Crippen LogP contribution is -2.50. The number of nitrogens with one attached hydrogen (secondary N) is 1. The van der Waals surface area contributed by atoms with E-state index in [9.17, 15) is 4.79 Å². The fraction of sp³-hybridized carbons (Fsp3) is 0.444. The lowest BCUT2D eigenvalue weighted by molar-refractivity contribution is -0.0605. The van der Waals surface area contributed by atoms with Crippen LogP contribution >= 0.6 is 0 Å². The van der Waals surface area contributed by atoms with Crippen LogP contribution in [0.5, 0.6) is 0 Å². The first-order valence-corrected chi connectivity index (χ1v) is 8.12. The number of nitrogens with zero attached hydrogens (tertiary/aromatic N) is 1. The molecule has 1 fully saturated rings. The number of ether oxygens (including phenoxy) is 2. The normalized spacial score (nSPS) is 20.8. The van der Waals surface area contributed by atoms with Crippen molar-refractivity contribution in [1.29, 1.82) is 0 Å². The van der Waals surface area contributed by atoms with Gasteiger partial charge in [-0.2, -0.15) is 0 Å². The minimum absolute atomic E-state index is 0.0802. The molecule has 1 saturated heterocycles. The molecule has 1 amide bonds. The smallest absolute Gasteiger partial charge is 0.257 e. The van der Waals surface area contributed by atoms with E-state index in [1.807, 2.05) is 30.3 Å². The maximum atomic E-state index is 12.5. The standard InChI is InChI=1S/C18H22N2O4/c1-12-17(13(2)24-20-12)18(21)19-15-11-22-9-8-16(15)23-10-14-6-4-3-5-7-14/h3-7,15-16H,8-11H2,1-2H3,(H,19,21)/t15-,16+/m1/s1. The molecule has 0 unspecified atom stereocenters. The fourth-order valence-electron chi connectivity index (χ4n) is 2.88. The second-order valence-corrected chi connectivity index (χ2v) is 5.98. The second kappa shape index (κ2) is 7.59. The number of amides is 1. The second-order valence-electron chi connectivity index (χ2n) is 5.98. The minimum Gasteiger partial charge on any atom is -0.379 e. The van der Waals surface area contributed by atoms with E-state index in [1.54, 1.807) is 13.8 Å². The van der Waals surface area contributed by atoms with Crippen LogP contribution in [0.15, 0.2) is 34.9 Å². The molecule has 6 heteroatoms. The monoisotopic (exact) mass is 330 g/mol. The van der Waals surface area contributed by atoms with Gasteiger partial charge in [-0.3, -0.25) is 4.79 Å². The Morgan fingerprint density at radius 3 is 2.83 bits per heavy atom. The highest BCUT2D eigenvalue weighted by Gasteiger charge is 2.30. The van der Waals surface area contributed by atoms with Crippen LogP contribution in [0.2, 0.25) is 0 Å². The van der Waals surface area contributed by atoms with Crippen LogP contribution in [0.4, 0.5) is 0 Å². The van der Waals surface area contributed by atoms with Gasteiger partial charge < -0.3 is 19.3 Å². The van der Waals surface area contributed by atoms with E-state index in [1.165, 1.54) is 0 Å². The van der Waals surface area contributed by atoms with Crippen LogP contribution in [0.1, 0.15) is 33.8 Å². The first-order chi connectivity index (χ1) is 11.6. The quantitative estimate of drug-likeness (QED) is 0.911. The molecule has 0 bridgehead atoms. The molecule has 128 valence electrons. The summed E-state index contributed by atoms with van der Waals surface area (Å²) in [6.45, 7) is 5.08.